The minimum Gasteiger partial charge on any atom is -0.496 e. The molecule has 0 saturated carbocycles. The first kappa shape index (κ1) is 20.3. The lowest BCUT2D eigenvalue weighted by Crippen LogP contribution is -2.08. The number of benzene rings is 3. The number of hydrogen-bond acceptors (Lipinski definition) is 3. The number of rotatable bonds is 5. The maximum atomic E-state index is 13.3. The number of methoxy groups -OCH3 is 1. The van der Waals surface area contributed by atoms with Gasteiger partial charge in [0, 0.05) is 34.3 Å². The summed E-state index contributed by atoms with van der Waals surface area (Å²) >= 11 is 0. The Labute approximate surface area is 177 Å². The number of carbonyl (C=O) groups is 1. The molecule has 6 heteroatoms. The summed E-state index contributed by atoms with van der Waals surface area (Å²) in [5.74, 6) is -0.600. The van der Waals surface area contributed by atoms with Crippen LogP contribution in [0.3, 0.4) is 0 Å². The number of anilines is 1. The summed E-state index contributed by atoms with van der Waals surface area (Å²) in [6.45, 7) is 1.78. The van der Waals surface area contributed by atoms with Crippen LogP contribution in [0.25, 0.3) is 27.7 Å². The van der Waals surface area contributed by atoms with Crippen molar-refractivity contribution in [3.8, 4) is 16.9 Å². The lowest BCUT2D eigenvalue weighted by Gasteiger charge is -2.10. The zero-order chi connectivity index (χ0) is 22.0. The number of carbonyl (C=O) groups excluding carboxylic acids is 1. The summed E-state index contributed by atoms with van der Waals surface area (Å²) in [5, 5.41) is 3.45. The third-order valence-corrected chi connectivity index (χ3v) is 4.92. The van der Waals surface area contributed by atoms with Crippen molar-refractivity contribution in [3.05, 3.63) is 90.2 Å². The normalized spacial score (nSPS) is 11.5. The average molecular weight is 419 g/mol. The van der Waals surface area contributed by atoms with Gasteiger partial charge in [0.1, 0.15) is 23.0 Å². The quantitative estimate of drug-likeness (QED) is 0.379. The maximum Gasteiger partial charge on any atom is 0.248 e. The van der Waals surface area contributed by atoms with E-state index in [1.165, 1.54) is 43.5 Å². The zero-order valence-electron chi connectivity index (χ0n) is 16.9. The Kier molecular flexibility index (Phi) is 5.54. The summed E-state index contributed by atoms with van der Waals surface area (Å²) in [4.78, 5) is 12.4. The second-order valence-electron chi connectivity index (χ2n) is 7.03. The fourth-order valence-corrected chi connectivity index (χ4v) is 3.40. The molecule has 0 aliphatic rings. The van der Waals surface area contributed by atoms with E-state index in [-0.39, 0.29) is 5.82 Å². The van der Waals surface area contributed by atoms with E-state index < -0.39 is 11.7 Å². The van der Waals surface area contributed by atoms with Gasteiger partial charge in [-0.1, -0.05) is 18.2 Å². The predicted octanol–water partition coefficient (Wildman–Crippen LogP) is 6.43. The number of ether oxygens (including phenoxy) is 1. The van der Waals surface area contributed by atoms with E-state index >= 15 is 0 Å². The second kappa shape index (κ2) is 8.44. The zero-order valence-corrected chi connectivity index (χ0v) is 16.9. The van der Waals surface area contributed by atoms with Gasteiger partial charge in [0.25, 0.3) is 0 Å². The number of allylic oxidation sites excluding steroid dienone is 1. The molecule has 3 aromatic carbocycles. The van der Waals surface area contributed by atoms with Crippen molar-refractivity contribution >= 4 is 28.1 Å². The number of fused-ring (bicyclic) bond motifs is 1. The fourth-order valence-electron chi connectivity index (χ4n) is 3.40. The molecule has 0 bridgehead atoms. The monoisotopic (exact) mass is 419 g/mol. The largest absolute Gasteiger partial charge is 0.496 e. The molecule has 0 aliphatic carbocycles. The fraction of sp³-hybridized carbons (Fsp3) is 0.0800. The highest BCUT2D eigenvalue weighted by atomic mass is 19.1. The number of hydrogen-bond donors (Lipinski definition) is 1. The van der Waals surface area contributed by atoms with Crippen LogP contribution in [0, 0.1) is 11.6 Å². The Balaban J connectivity index is 1.71. The molecule has 1 N–H and O–H groups in total. The van der Waals surface area contributed by atoms with Crippen molar-refractivity contribution in [2.75, 3.05) is 12.4 Å². The predicted molar refractivity (Wildman–Crippen MR) is 117 cm³/mol. The van der Waals surface area contributed by atoms with E-state index in [4.69, 9.17) is 9.15 Å². The van der Waals surface area contributed by atoms with E-state index in [0.717, 1.165) is 16.5 Å². The van der Waals surface area contributed by atoms with Crippen LogP contribution in [-0.4, -0.2) is 13.0 Å². The molecule has 0 spiro atoms. The standard InChI is InChI=1S/C25H19F2NO3/c1-15(10-25(29)28-19-5-3-4-18(27)11-19)20-12-21-22(16-6-8-17(26)9-7-16)14-31-24(21)13-23(20)30-2/h3-14H,1-2H3,(H,28,29)/b15-10+. The Hall–Kier alpha value is -3.93. The van der Waals surface area contributed by atoms with E-state index in [2.05, 4.69) is 5.32 Å². The van der Waals surface area contributed by atoms with Crippen molar-refractivity contribution in [1.82, 2.24) is 0 Å². The lowest BCUT2D eigenvalue weighted by molar-refractivity contribution is -0.111. The van der Waals surface area contributed by atoms with Gasteiger partial charge in [0.05, 0.1) is 13.4 Å². The minimum atomic E-state index is -0.432. The molecule has 4 aromatic rings. The van der Waals surface area contributed by atoms with Crippen molar-refractivity contribution < 1.29 is 22.7 Å². The molecule has 156 valence electrons. The molecule has 4 nitrogen and oxygen atoms in total. The van der Waals surface area contributed by atoms with Gasteiger partial charge in [0.15, 0.2) is 0 Å². The number of halogens is 2. The van der Waals surface area contributed by atoms with Crippen molar-refractivity contribution in [2.45, 2.75) is 6.92 Å². The van der Waals surface area contributed by atoms with Crippen LogP contribution in [0.15, 0.2) is 77.4 Å². The number of amides is 1. The van der Waals surface area contributed by atoms with Crippen LogP contribution < -0.4 is 10.1 Å². The highest BCUT2D eigenvalue weighted by molar-refractivity contribution is 6.05. The molecule has 0 radical (unpaired) electrons. The molecule has 0 aliphatic heterocycles. The lowest BCUT2D eigenvalue weighted by atomic mass is 9.99. The molecule has 0 atom stereocenters. The smallest absolute Gasteiger partial charge is 0.248 e. The van der Waals surface area contributed by atoms with Gasteiger partial charge >= 0.3 is 0 Å². The van der Waals surface area contributed by atoms with Gasteiger partial charge in [0.2, 0.25) is 5.91 Å². The summed E-state index contributed by atoms with van der Waals surface area (Å²) in [5.41, 5.74) is 3.94. The van der Waals surface area contributed by atoms with Crippen molar-refractivity contribution in [3.63, 3.8) is 0 Å². The van der Waals surface area contributed by atoms with Crippen LogP contribution in [0.1, 0.15) is 12.5 Å². The molecule has 4 rings (SSSR count). The van der Waals surface area contributed by atoms with Crippen LogP contribution >= 0.6 is 0 Å². The highest BCUT2D eigenvalue weighted by Crippen LogP contribution is 2.37. The van der Waals surface area contributed by atoms with Gasteiger partial charge in [-0.05, 0) is 54.5 Å². The third-order valence-electron chi connectivity index (χ3n) is 4.92. The third kappa shape index (κ3) is 4.33. The van der Waals surface area contributed by atoms with E-state index in [1.54, 1.807) is 37.5 Å². The van der Waals surface area contributed by atoms with E-state index in [1.807, 2.05) is 6.07 Å². The SMILES string of the molecule is COc1cc2occ(-c3ccc(F)cc3)c2cc1/C(C)=C/C(=O)Nc1cccc(F)c1. The Bertz CT molecular complexity index is 1290. The number of furan rings is 1. The van der Waals surface area contributed by atoms with Gasteiger partial charge in [-0.15, -0.1) is 0 Å². The van der Waals surface area contributed by atoms with Crippen molar-refractivity contribution in [2.24, 2.45) is 0 Å². The molecule has 0 saturated heterocycles. The number of nitrogens with one attached hydrogen (secondary N) is 1. The first-order valence-electron chi connectivity index (χ1n) is 9.55. The Morgan fingerprint density at radius 1 is 1.03 bits per heavy atom. The molecular formula is C25H19F2NO3. The van der Waals surface area contributed by atoms with Crippen molar-refractivity contribution in [1.29, 1.82) is 0 Å². The first-order chi connectivity index (χ1) is 14.9. The Morgan fingerprint density at radius 3 is 2.52 bits per heavy atom. The topological polar surface area (TPSA) is 51.5 Å². The van der Waals surface area contributed by atoms with Crippen LogP contribution in [0.4, 0.5) is 14.5 Å². The summed E-state index contributed by atoms with van der Waals surface area (Å²) in [6, 6.07) is 15.4. The van der Waals surface area contributed by atoms with Gasteiger partial charge < -0.3 is 14.5 Å². The van der Waals surface area contributed by atoms with Crippen LogP contribution in [0.5, 0.6) is 5.75 Å². The summed E-state index contributed by atoms with van der Waals surface area (Å²) in [6.07, 6.45) is 3.03. The molecule has 0 fully saturated rings. The molecule has 1 amide bonds. The summed E-state index contributed by atoms with van der Waals surface area (Å²) < 4.78 is 37.8. The van der Waals surface area contributed by atoms with E-state index in [0.29, 0.717) is 28.2 Å². The molecule has 31 heavy (non-hydrogen) atoms. The molecule has 1 aromatic heterocycles. The average Bonchev–Trinajstić information content (AvgIpc) is 3.16. The first-order valence-corrected chi connectivity index (χ1v) is 9.55. The summed E-state index contributed by atoms with van der Waals surface area (Å²) in [7, 11) is 1.54. The van der Waals surface area contributed by atoms with Crippen LogP contribution in [-0.2, 0) is 4.79 Å². The Morgan fingerprint density at radius 2 is 1.81 bits per heavy atom. The van der Waals surface area contributed by atoms with Gasteiger partial charge in [-0.3, -0.25) is 4.79 Å². The molecule has 0 unspecified atom stereocenters. The van der Waals surface area contributed by atoms with Gasteiger partial charge in [-0.25, -0.2) is 8.78 Å². The second-order valence-corrected chi connectivity index (χ2v) is 7.03. The maximum absolute atomic E-state index is 13.3. The van der Waals surface area contributed by atoms with Gasteiger partial charge in [-0.2, -0.15) is 0 Å². The van der Waals surface area contributed by atoms with E-state index in [9.17, 15) is 13.6 Å². The highest BCUT2D eigenvalue weighted by Gasteiger charge is 2.15. The van der Waals surface area contributed by atoms with Crippen LogP contribution in [0.2, 0.25) is 0 Å². The molecule has 1 heterocycles. The molecular weight excluding hydrogens is 400 g/mol. The minimum absolute atomic E-state index is 0.318.